The number of hydrogen-bond donors (Lipinski definition) is 2. The van der Waals surface area contributed by atoms with E-state index in [1.165, 1.54) is 0 Å². The SMILES string of the molecule is C/C(=C\c1ccc(C)cn1)C1C[C@@H]2C[C@@H]2CCC[C@@H]2C=C(C(=O)[C@H](C)[C@H]2O)[C@@H](O)CC(=O)O1. The fraction of sp³-hybridized carbons (Fsp3) is 0.593. The van der Waals surface area contributed by atoms with Crippen molar-refractivity contribution in [2.45, 2.75) is 77.6 Å². The maximum atomic E-state index is 12.8. The molecule has 1 saturated carbocycles. The molecule has 1 aliphatic heterocycles. The summed E-state index contributed by atoms with van der Waals surface area (Å²) in [4.78, 5) is 29.9. The van der Waals surface area contributed by atoms with Crippen LogP contribution in [0.2, 0.25) is 0 Å². The van der Waals surface area contributed by atoms with E-state index >= 15 is 0 Å². The maximum absolute atomic E-state index is 12.8. The molecule has 0 aromatic carbocycles. The molecule has 7 atom stereocenters. The normalized spacial score (nSPS) is 35.7. The fourth-order valence-corrected chi connectivity index (χ4v) is 5.27. The summed E-state index contributed by atoms with van der Waals surface area (Å²) in [5.41, 5.74) is 3.07. The average molecular weight is 454 g/mol. The number of ether oxygens (including phenoxy) is 1. The van der Waals surface area contributed by atoms with Crippen molar-refractivity contribution in [2.24, 2.45) is 23.7 Å². The van der Waals surface area contributed by atoms with Crippen molar-refractivity contribution >= 4 is 17.8 Å². The number of aliphatic hydroxyl groups excluding tert-OH is 2. The maximum Gasteiger partial charge on any atom is 0.309 e. The Morgan fingerprint density at radius 1 is 1.15 bits per heavy atom. The van der Waals surface area contributed by atoms with Crippen molar-refractivity contribution in [3.63, 3.8) is 0 Å². The summed E-state index contributed by atoms with van der Waals surface area (Å²) in [7, 11) is 0. The second-order valence-electron chi connectivity index (χ2n) is 10.2. The molecule has 1 fully saturated rings. The first-order valence-corrected chi connectivity index (χ1v) is 12.1. The number of nitrogens with zero attached hydrogens (tertiary/aromatic N) is 1. The quantitative estimate of drug-likeness (QED) is 0.662. The van der Waals surface area contributed by atoms with Gasteiger partial charge in [-0.15, -0.1) is 0 Å². The largest absolute Gasteiger partial charge is 0.458 e. The Morgan fingerprint density at radius 3 is 2.67 bits per heavy atom. The smallest absolute Gasteiger partial charge is 0.309 e. The fourth-order valence-electron chi connectivity index (χ4n) is 5.27. The summed E-state index contributed by atoms with van der Waals surface area (Å²) >= 11 is 0. The van der Waals surface area contributed by atoms with Crippen LogP contribution in [0.25, 0.3) is 6.08 Å². The van der Waals surface area contributed by atoms with Crippen LogP contribution < -0.4 is 0 Å². The standard InChI is InChI=1S/C27H35NO5/c1-15-7-8-21(28-14-15)9-16(2)24-12-20-10-18(20)5-4-6-19-11-22(23(29)13-25(30)33-24)27(32)17(3)26(19)31/h7-9,11,14,17-20,23-24,26,29,31H,4-6,10,12-13H2,1-3H3/b16-9+/t17-,18+,19-,20+,23+,24?,26-/m1/s1. The van der Waals surface area contributed by atoms with Gasteiger partial charge in [-0.3, -0.25) is 14.6 Å². The number of aromatic nitrogens is 1. The Bertz CT molecular complexity index is 950. The number of esters is 1. The Morgan fingerprint density at radius 2 is 1.94 bits per heavy atom. The van der Waals surface area contributed by atoms with E-state index in [1.54, 1.807) is 13.0 Å². The Kier molecular flexibility index (Phi) is 7.15. The van der Waals surface area contributed by atoms with Gasteiger partial charge in [0.15, 0.2) is 5.78 Å². The second-order valence-corrected chi connectivity index (χ2v) is 10.2. The van der Waals surface area contributed by atoms with Gasteiger partial charge >= 0.3 is 5.97 Å². The molecule has 0 radical (unpaired) electrons. The van der Waals surface area contributed by atoms with Gasteiger partial charge in [-0.25, -0.2) is 0 Å². The molecule has 6 nitrogen and oxygen atoms in total. The van der Waals surface area contributed by atoms with E-state index in [2.05, 4.69) is 4.98 Å². The molecular formula is C27H35NO5. The molecule has 178 valence electrons. The topological polar surface area (TPSA) is 96.7 Å². The van der Waals surface area contributed by atoms with E-state index in [0.29, 0.717) is 11.8 Å². The van der Waals surface area contributed by atoms with Gasteiger partial charge in [0.25, 0.3) is 0 Å². The predicted octanol–water partition coefficient (Wildman–Crippen LogP) is 3.79. The highest BCUT2D eigenvalue weighted by molar-refractivity contribution is 5.99. The van der Waals surface area contributed by atoms with Gasteiger partial charge in [-0.05, 0) is 68.2 Å². The number of carbonyl (C=O) groups excluding carboxylic acids is 2. The van der Waals surface area contributed by atoms with E-state index < -0.39 is 24.1 Å². The van der Waals surface area contributed by atoms with E-state index in [9.17, 15) is 19.8 Å². The van der Waals surface area contributed by atoms with Crippen LogP contribution in [0, 0.1) is 30.6 Å². The van der Waals surface area contributed by atoms with Crippen LogP contribution in [0.3, 0.4) is 0 Å². The molecule has 0 spiro atoms. The highest BCUT2D eigenvalue weighted by Crippen LogP contribution is 2.47. The summed E-state index contributed by atoms with van der Waals surface area (Å²) in [5.74, 6) is -0.441. The minimum Gasteiger partial charge on any atom is -0.458 e. The highest BCUT2D eigenvalue weighted by atomic mass is 16.5. The molecule has 33 heavy (non-hydrogen) atoms. The first-order chi connectivity index (χ1) is 15.7. The lowest BCUT2D eigenvalue weighted by molar-refractivity contribution is -0.149. The van der Waals surface area contributed by atoms with Crippen molar-refractivity contribution in [2.75, 3.05) is 0 Å². The first kappa shape index (κ1) is 23.8. The number of carbonyl (C=O) groups is 2. The lowest BCUT2D eigenvalue weighted by atomic mass is 9.76. The molecule has 2 aliphatic carbocycles. The third-order valence-electron chi connectivity index (χ3n) is 7.55. The summed E-state index contributed by atoms with van der Waals surface area (Å²) in [5, 5.41) is 21.3. The van der Waals surface area contributed by atoms with Gasteiger partial charge in [-0.1, -0.05) is 31.9 Å². The van der Waals surface area contributed by atoms with Gasteiger partial charge in [0.05, 0.1) is 24.3 Å². The molecule has 6 heteroatoms. The zero-order chi connectivity index (χ0) is 23.7. The van der Waals surface area contributed by atoms with E-state index in [0.717, 1.165) is 48.9 Å². The predicted molar refractivity (Wildman–Crippen MR) is 125 cm³/mol. The zero-order valence-electron chi connectivity index (χ0n) is 19.7. The lowest BCUT2D eigenvalue weighted by Crippen LogP contribution is -2.40. The number of ketones is 1. The molecule has 2 N–H and O–H groups in total. The molecule has 2 heterocycles. The molecular weight excluding hydrogens is 418 g/mol. The van der Waals surface area contributed by atoms with Crippen molar-refractivity contribution in [1.29, 1.82) is 0 Å². The van der Waals surface area contributed by atoms with Crippen LogP contribution in [-0.4, -0.2) is 45.3 Å². The third-order valence-corrected chi connectivity index (χ3v) is 7.55. The summed E-state index contributed by atoms with van der Waals surface area (Å²) in [6.07, 6.45) is 7.54. The van der Waals surface area contributed by atoms with Gasteiger partial charge < -0.3 is 14.9 Å². The van der Waals surface area contributed by atoms with E-state index in [1.807, 2.05) is 38.3 Å². The summed E-state index contributed by atoms with van der Waals surface area (Å²) in [6, 6.07) is 3.94. The second kappa shape index (κ2) is 9.90. The van der Waals surface area contributed by atoms with Crippen LogP contribution in [0.1, 0.15) is 63.6 Å². The van der Waals surface area contributed by atoms with Crippen LogP contribution in [0.5, 0.6) is 0 Å². The van der Waals surface area contributed by atoms with Crippen LogP contribution in [-0.2, 0) is 14.3 Å². The number of pyridine rings is 1. The number of aryl methyl sites for hydroxylation is 1. The number of rotatable bonds is 2. The lowest BCUT2D eigenvalue weighted by Gasteiger charge is -2.32. The van der Waals surface area contributed by atoms with Crippen LogP contribution in [0.15, 0.2) is 35.6 Å². The molecule has 1 unspecified atom stereocenters. The molecule has 0 amide bonds. The van der Waals surface area contributed by atoms with Gasteiger partial charge in [0.1, 0.15) is 6.10 Å². The highest BCUT2D eigenvalue weighted by Gasteiger charge is 2.41. The first-order valence-electron chi connectivity index (χ1n) is 12.1. The van der Waals surface area contributed by atoms with Gasteiger partial charge in [-0.2, -0.15) is 0 Å². The van der Waals surface area contributed by atoms with Crippen LogP contribution in [0.4, 0.5) is 0 Å². The summed E-state index contributed by atoms with van der Waals surface area (Å²) in [6.45, 7) is 5.64. The number of hydrogen-bond acceptors (Lipinski definition) is 6. The molecule has 4 rings (SSSR count). The van der Waals surface area contributed by atoms with Gasteiger partial charge in [0.2, 0.25) is 0 Å². The number of fused-ring (bicyclic) bond motifs is 2. The van der Waals surface area contributed by atoms with E-state index in [-0.39, 0.29) is 29.8 Å². The molecule has 1 aromatic heterocycles. The van der Waals surface area contributed by atoms with Crippen molar-refractivity contribution in [3.8, 4) is 0 Å². The molecule has 1 aromatic rings. The van der Waals surface area contributed by atoms with E-state index in [4.69, 9.17) is 4.74 Å². The van der Waals surface area contributed by atoms with Gasteiger partial charge in [0, 0.05) is 23.6 Å². The Hall–Kier alpha value is -2.31. The van der Waals surface area contributed by atoms with Crippen molar-refractivity contribution in [1.82, 2.24) is 4.98 Å². The molecule has 2 bridgehead atoms. The Labute approximate surface area is 195 Å². The average Bonchev–Trinajstić information content (AvgIpc) is 3.51. The van der Waals surface area contributed by atoms with Crippen molar-refractivity contribution in [3.05, 3.63) is 46.8 Å². The number of Topliss-reactive ketones (excluding diaryl/α,β-unsaturated/α-hetero) is 1. The monoisotopic (exact) mass is 453 g/mol. The number of cyclic esters (lactones) is 1. The van der Waals surface area contributed by atoms with Crippen LogP contribution >= 0.6 is 0 Å². The zero-order valence-corrected chi connectivity index (χ0v) is 19.7. The Balaban J connectivity index is 1.55. The molecule has 0 saturated heterocycles. The summed E-state index contributed by atoms with van der Waals surface area (Å²) < 4.78 is 5.86. The molecule has 3 aliphatic rings. The third kappa shape index (κ3) is 5.61. The number of aliphatic hydroxyl groups is 2. The minimum atomic E-state index is -1.22. The minimum absolute atomic E-state index is 0.168. The van der Waals surface area contributed by atoms with Crippen molar-refractivity contribution < 1.29 is 24.5 Å².